The molecule has 1 aromatic carbocycles. The van der Waals surface area contributed by atoms with E-state index in [1.54, 1.807) is 20.8 Å². The Hall–Kier alpha value is -3.03. The van der Waals surface area contributed by atoms with Crippen molar-refractivity contribution in [1.29, 1.82) is 0 Å². The minimum absolute atomic E-state index is 0.0646. The molecule has 1 aromatic rings. The lowest BCUT2D eigenvalue weighted by molar-refractivity contribution is -0.132. The summed E-state index contributed by atoms with van der Waals surface area (Å²) < 4.78 is 5.15. The molecule has 0 spiro atoms. The van der Waals surface area contributed by atoms with Crippen molar-refractivity contribution in [2.45, 2.75) is 85.3 Å². The van der Waals surface area contributed by atoms with Gasteiger partial charge in [-0.1, -0.05) is 44.2 Å². The molecular formula is C27H40N2O6. The van der Waals surface area contributed by atoms with Crippen molar-refractivity contribution in [3.63, 3.8) is 0 Å². The first-order valence-electron chi connectivity index (χ1n) is 12.1. The summed E-state index contributed by atoms with van der Waals surface area (Å²) in [5, 5.41) is 5.26. The second-order valence-corrected chi connectivity index (χ2v) is 10.3. The SMILES string of the molecule is CC(=O)CCC(=O)C(CC(C)C)NC(=O)C(CC(=O)CNC(=O)OC(C)(C)C)Cc1ccccc1. The molecule has 8 nitrogen and oxygen atoms in total. The summed E-state index contributed by atoms with van der Waals surface area (Å²) in [5.74, 6) is -1.58. The van der Waals surface area contributed by atoms with Crippen molar-refractivity contribution in [2.24, 2.45) is 11.8 Å². The largest absolute Gasteiger partial charge is 0.444 e. The first-order chi connectivity index (χ1) is 16.3. The van der Waals surface area contributed by atoms with Crippen LogP contribution in [-0.2, 0) is 30.3 Å². The van der Waals surface area contributed by atoms with Gasteiger partial charge in [0.05, 0.1) is 12.6 Å². The van der Waals surface area contributed by atoms with Gasteiger partial charge in [0.1, 0.15) is 11.4 Å². The Balaban J connectivity index is 2.93. The Morgan fingerprint density at radius 3 is 2.14 bits per heavy atom. The molecule has 2 N–H and O–H groups in total. The first kappa shape index (κ1) is 30.0. The second-order valence-electron chi connectivity index (χ2n) is 10.3. The Labute approximate surface area is 208 Å². The van der Waals surface area contributed by atoms with Crippen LogP contribution in [-0.4, -0.2) is 47.5 Å². The number of rotatable bonds is 14. The van der Waals surface area contributed by atoms with Crippen LogP contribution < -0.4 is 10.6 Å². The Morgan fingerprint density at radius 2 is 1.60 bits per heavy atom. The number of Topliss-reactive ketones (excluding diaryl/α,β-unsaturated/α-hetero) is 3. The number of amides is 2. The van der Waals surface area contributed by atoms with Crippen molar-refractivity contribution in [3.05, 3.63) is 35.9 Å². The molecule has 0 aliphatic rings. The van der Waals surface area contributed by atoms with E-state index in [0.29, 0.717) is 12.8 Å². The molecule has 35 heavy (non-hydrogen) atoms. The zero-order valence-corrected chi connectivity index (χ0v) is 21.8. The van der Waals surface area contributed by atoms with Gasteiger partial charge in [-0.2, -0.15) is 0 Å². The number of carbonyl (C=O) groups excluding carboxylic acids is 5. The third-order valence-corrected chi connectivity index (χ3v) is 5.13. The van der Waals surface area contributed by atoms with Crippen LogP contribution in [0.4, 0.5) is 4.79 Å². The Kier molecular flexibility index (Phi) is 12.3. The summed E-state index contributed by atoms with van der Waals surface area (Å²) in [7, 11) is 0. The van der Waals surface area contributed by atoms with Gasteiger partial charge in [0.25, 0.3) is 0 Å². The molecule has 0 saturated carbocycles. The van der Waals surface area contributed by atoms with E-state index in [2.05, 4.69) is 10.6 Å². The molecule has 0 aliphatic heterocycles. The summed E-state index contributed by atoms with van der Waals surface area (Å²) >= 11 is 0. The quantitative estimate of drug-likeness (QED) is 0.411. The van der Waals surface area contributed by atoms with Crippen LogP contribution >= 0.6 is 0 Å². The van der Waals surface area contributed by atoms with Crippen LogP contribution in [0, 0.1) is 11.8 Å². The molecule has 0 saturated heterocycles. The molecule has 0 aliphatic carbocycles. The highest BCUT2D eigenvalue weighted by molar-refractivity contribution is 5.94. The molecule has 0 aromatic heterocycles. The number of ketones is 3. The monoisotopic (exact) mass is 488 g/mol. The normalized spacial score (nSPS) is 13.0. The van der Waals surface area contributed by atoms with Crippen LogP contribution in [0.3, 0.4) is 0 Å². The molecule has 0 heterocycles. The lowest BCUT2D eigenvalue weighted by Crippen LogP contribution is -2.45. The maximum Gasteiger partial charge on any atom is 0.408 e. The van der Waals surface area contributed by atoms with Crippen LogP contribution in [0.5, 0.6) is 0 Å². The van der Waals surface area contributed by atoms with Crippen LogP contribution in [0.2, 0.25) is 0 Å². The molecule has 2 amide bonds. The van der Waals surface area contributed by atoms with Crippen molar-refractivity contribution >= 4 is 29.4 Å². The lowest BCUT2D eigenvalue weighted by atomic mass is 9.91. The highest BCUT2D eigenvalue weighted by Gasteiger charge is 2.28. The van der Waals surface area contributed by atoms with Crippen LogP contribution in [0.1, 0.15) is 72.8 Å². The fourth-order valence-corrected chi connectivity index (χ4v) is 3.49. The van der Waals surface area contributed by atoms with Crippen LogP contribution in [0.15, 0.2) is 30.3 Å². The number of ether oxygens (including phenoxy) is 1. The highest BCUT2D eigenvalue weighted by Crippen LogP contribution is 2.16. The third kappa shape index (κ3) is 13.4. The average Bonchev–Trinajstić information content (AvgIpc) is 2.74. The van der Waals surface area contributed by atoms with E-state index in [9.17, 15) is 24.0 Å². The average molecular weight is 489 g/mol. The molecule has 0 bridgehead atoms. The standard InChI is InChI=1S/C27H40N2O6/c1-18(2)14-23(24(32)13-12-19(3)30)29-25(33)21(15-20-10-8-7-9-11-20)16-22(31)17-28-26(34)35-27(4,5)6/h7-11,18,21,23H,12-17H2,1-6H3,(H,28,34)(H,29,33). The maximum absolute atomic E-state index is 13.2. The summed E-state index contributed by atoms with van der Waals surface area (Å²) in [4.78, 5) is 61.8. The minimum atomic E-state index is -0.727. The molecule has 1 rings (SSSR count). The second kappa shape index (κ2) is 14.4. The first-order valence-corrected chi connectivity index (χ1v) is 12.1. The summed E-state index contributed by atoms with van der Waals surface area (Å²) in [6, 6.07) is 8.57. The van der Waals surface area contributed by atoms with Gasteiger partial charge in [0.15, 0.2) is 11.6 Å². The number of hydrogen-bond acceptors (Lipinski definition) is 6. The van der Waals surface area contributed by atoms with E-state index >= 15 is 0 Å². The zero-order valence-electron chi connectivity index (χ0n) is 21.8. The van der Waals surface area contributed by atoms with Crippen molar-refractivity contribution < 1.29 is 28.7 Å². The van der Waals surface area contributed by atoms with E-state index in [1.807, 2.05) is 44.2 Å². The fraction of sp³-hybridized carbons (Fsp3) is 0.593. The predicted molar refractivity (Wildman–Crippen MR) is 134 cm³/mol. The van der Waals surface area contributed by atoms with Crippen LogP contribution in [0.25, 0.3) is 0 Å². The zero-order chi connectivity index (χ0) is 26.6. The summed E-state index contributed by atoms with van der Waals surface area (Å²) in [6.45, 7) is 10.2. The molecule has 2 atom stereocenters. The van der Waals surface area contributed by atoms with Crippen molar-refractivity contribution in [2.75, 3.05) is 6.54 Å². The third-order valence-electron chi connectivity index (χ3n) is 5.13. The molecule has 194 valence electrons. The van der Waals surface area contributed by atoms with E-state index < -0.39 is 29.6 Å². The maximum atomic E-state index is 13.2. The number of benzene rings is 1. The Morgan fingerprint density at radius 1 is 0.971 bits per heavy atom. The fourth-order valence-electron chi connectivity index (χ4n) is 3.49. The van der Waals surface area contributed by atoms with Crippen molar-refractivity contribution in [1.82, 2.24) is 10.6 Å². The number of hydrogen-bond donors (Lipinski definition) is 2. The smallest absolute Gasteiger partial charge is 0.408 e. The van der Waals surface area contributed by atoms with Gasteiger partial charge in [-0.25, -0.2) is 4.79 Å². The van der Waals surface area contributed by atoms with Gasteiger partial charge in [-0.3, -0.25) is 14.4 Å². The van der Waals surface area contributed by atoms with E-state index in [1.165, 1.54) is 6.92 Å². The van der Waals surface area contributed by atoms with Gasteiger partial charge >= 0.3 is 6.09 Å². The molecule has 2 unspecified atom stereocenters. The van der Waals surface area contributed by atoms with Gasteiger partial charge in [-0.15, -0.1) is 0 Å². The molecule has 0 radical (unpaired) electrons. The Bertz CT molecular complexity index is 873. The molecular weight excluding hydrogens is 448 g/mol. The molecule has 8 heteroatoms. The van der Waals surface area contributed by atoms with E-state index in [-0.39, 0.29) is 49.1 Å². The van der Waals surface area contributed by atoms with Gasteiger partial charge in [0.2, 0.25) is 5.91 Å². The summed E-state index contributed by atoms with van der Waals surface area (Å²) in [6.07, 6.45) is 0.131. The minimum Gasteiger partial charge on any atom is -0.444 e. The highest BCUT2D eigenvalue weighted by atomic mass is 16.6. The lowest BCUT2D eigenvalue weighted by Gasteiger charge is -2.23. The molecule has 0 fully saturated rings. The van der Waals surface area contributed by atoms with Gasteiger partial charge in [-0.05, 0) is 52.0 Å². The van der Waals surface area contributed by atoms with E-state index in [0.717, 1.165) is 5.56 Å². The summed E-state index contributed by atoms with van der Waals surface area (Å²) in [5.41, 5.74) is 0.187. The topological polar surface area (TPSA) is 119 Å². The van der Waals surface area contributed by atoms with E-state index in [4.69, 9.17) is 4.74 Å². The number of nitrogens with one attached hydrogen (secondary N) is 2. The predicted octanol–water partition coefficient (Wildman–Crippen LogP) is 3.80. The van der Waals surface area contributed by atoms with Gasteiger partial charge in [0, 0.05) is 25.2 Å². The number of alkyl carbamates (subject to hydrolysis) is 1. The van der Waals surface area contributed by atoms with Crippen molar-refractivity contribution in [3.8, 4) is 0 Å². The van der Waals surface area contributed by atoms with Gasteiger partial charge < -0.3 is 20.2 Å². The number of carbonyl (C=O) groups is 5.